The molecular weight excluding hydrogens is 537 g/mol. The summed E-state index contributed by atoms with van der Waals surface area (Å²) in [6.45, 7) is 0.733. The van der Waals surface area contributed by atoms with E-state index in [1.54, 1.807) is 17.3 Å². The molecule has 3 heterocycles. The Morgan fingerprint density at radius 2 is 1.97 bits per heavy atom. The number of nitrogens with zero attached hydrogens (tertiary/aromatic N) is 2. The van der Waals surface area contributed by atoms with Gasteiger partial charge in [-0.1, -0.05) is 60.4 Å². The first-order valence-corrected chi connectivity index (χ1v) is 14.5. The Balaban J connectivity index is 1.18. The molecule has 0 spiro atoms. The fourth-order valence-electron chi connectivity index (χ4n) is 4.49. The van der Waals surface area contributed by atoms with E-state index in [1.165, 1.54) is 23.1 Å². The Bertz CT molecular complexity index is 1400. The van der Waals surface area contributed by atoms with Crippen LogP contribution in [0.2, 0.25) is 0 Å². The molecule has 7 nitrogen and oxygen atoms in total. The summed E-state index contributed by atoms with van der Waals surface area (Å²) >= 11 is 8.19. The third-order valence-electron chi connectivity index (χ3n) is 6.33. The average Bonchev–Trinajstić information content (AvgIpc) is 3.58. The van der Waals surface area contributed by atoms with Gasteiger partial charge in [0.1, 0.15) is 9.32 Å². The maximum Gasteiger partial charge on any atom is 0.266 e. The Labute approximate surface area is 234 Å². The number of nitrogens with one attached hydrogen (secondary N) is 2. The maximum atomic E-state index is 13.1. The zero-order valence-electron chi connectivity index (χ0n) is 20.6. The summed E-state index contributed by atoms with van der Waals surface area (Å²) in [6.07, 6.45) is 8.70. The van der Waals surface area contributed by atoms with Crippen LogP contribution in [0.1, 0.15) is 51.2 Å². The smallest absolute Gasteiger partial charge is 0.266 e. The topological polar surface area (TPSA) is 91.4 Å². The number of thiocarbonyl (C=S) groups is 1. The van der Waals surface area contributed by atoms with Crippen LogP contribution in [-0.2, 0) is 29.0 Å². The Morgan fingerprint density at radius 1 is 1.13 bits per heavy atom. The first-order valence-electron chi connectivity index (χ1n) is 12.4. The van der Waals surface area contributed by atoms with Gasteiger partial charge in [-0.2, -0.15) is 0 Å². The van der Waals surface area contributed by atoms with Crippen LogP contribution in [-0.4, -0.2) is 38.5 Å². The molecule has 1 aromatic carbocycles. The molecule has 0 atom stereocenters. The zero-order chi connectivity index (χ0) is 26.5. The summed E-state index contributed by atoms with van der Waals surface area (Å²) in [6, 6.07) is 13.4. The number of aryl methyl sites for hydroxylation is 1. The monoisotopic (exact) mass is 562 g/mol. The van der Waals surface area contributed by atoms with Crippen LogP contribution in [0.25, 0.3) is 6.08 Å². The van der Waals surface area contributed by atoms with Crippen LogP contribution < -0.4 is 10.6 Å². The molecule has 3 amide bonds. The minimum Gasteiger partial charge on any atom is -0.348 e. The fourth-order valence-corrected chi connectivity index (χ4v) is 7.10. The highest BCUT2D eigenvalue weighted by Crippen LogP contribution is 2.39. The van der Waals surface area contributed by atoms with Crippen LogP contribution >= 0.6 is 35.3 Å². The fraction of sp³-hybridized carbons (Fsp3) is 0.250. The first kappa shape index (κ1) is 26.3. The number of anilines is 1. The molecular formula is C28H26N4O3S3. The van der Waals surface area contributed by atoms with Crippen molar-refractivity contribution >= 4 is 68.4 Å². The molecule has 0 radical (unpaired) electrons. The second-order valence-electron chi connectivity index (χ2n) is 9.00. The summed E-state index contributed by atoms with van der Waals surface area (Å²) in [7, 11) is 0. The highest BCUT2D eigenvalue weighted by Gasteiger charge is 2.32. The van der Waals surface area contributed by atoms with Gasteiger partial charge in [-0.25, -0.2) is 0 Å². The van der Waals surface area contributed by atoms with E-state index in [-0.39, 0.29) is 24.1 Å². The number of carbonyl (C=O) groups is 3. The van der Waals surface area contributed by atoms with Crippen molar-refractivity contribution in [3.05, 3.63) is 86.9 Å². The molecule has 2 aliphatic rings. The third-order valence-corrected chi connectivity index (χ3v) is 8.92. The third kappa shape index (κ3) is 6.03. The number of amides is 3. The number of aromatic nitrogens is 1. The molecule has 2 N–H and O–H groups in total. The van der Waals surface area contributed by atoms with Crippen LogP contribution in [0, 0.1) is 0 Å². The standard InChI is InChI=1S/C28H26N4O3S3/c33-23(12-6-14-32-27(35)22(38-28(32)36)15-18-7-2-1-3-8-18)31-26-24(20-10-4-11-21(20)37-26)25(34)30-17-19-9-5-13-29-16-19/h1-3,5,7-9,13,15-16H,4,6,10-12,14,17H2,(H,30,34)(H,31,33)/b22-15-. The predicted octanol–water partition coefficient (Wildman–Crippen LogP) is 5.18. The highest BCUT2D eigenvalue weighted by atomic mass is 32.2. The molecule has 10 heteroatoms. The van der Waals surface area contributed by atoms with Crippen molar-refractivity contribution in [2.24, 2.45) is 0 Å². The molecule has 1 aliphatic carbocycles. The number of fused-ring (bicyclic) bond motifs is 1. The molecule has 194 valence electrons. The molecule has 0 saturated carbocycles. The lowest BCUT2D eigenvalue weighted by atomic mass is 10.1. The van der Waals surface area contributed by atoms with E-state index in [0.717, 1.165) is 40.8 Å². The summed E-state index contributed by atoms with van der Waals surface area (Å²) in [5.41, 5.74) is 3.46. The van der Waals surface area contributed by atoms with Crippen molar-refractivity contribution in [1.82, 2.24) is 15.2 Å². The number of benzene rings is 1. The van der Waals surface area contributed by atoms with Gasteiger partial charge in [-0.15, -0.1) is 11.3 Å². The number of hydrogen-bond donors (Lipinski definition) is 2. The highest BCUT2D eigenvalue weighted by molar-refractivity contribution is 8.26. The lowest BCUT2D eigenvalue weighted by molar-refractivity contribution is -0.122. The summed E-state index contributed by atoms with van der Waals surface area (Å²) in [5, 5.41) is 6.53. The van der Waals surface area contributed by atoms with Gasteiger partial charge in [0.2, 0.25) is 5.91 Å². The van der Waals surface area contributed by atoms with Crippen molar-refractivity contribution in [3.63, 3.8) is 0 Å². The van der Waals surface area contributed by atoms with E-state index >= 15 is 0 Å². The van der Waals surface area contributed by atoms with Gasteiger partial charge < -0.3 is 10.6 Å². The van der Waals surface area contributed by atoms with E-state index in [2.05, 4.69) is 15.6 Å². The molecule has 0 unspecified atom stereocenters. The molecule has 1 saturated heterocycles. The number of pyridine rings is 1. The number of hydrogen-bond acceptors (Lipinski definition) is 7. The lowest BCUT2D eigenvalue weighted by Gasteiger charge is -2.14. The summed E-state index contributed by atoms with van der Waals surface area (Å²) in [4.78, 5) is 46.2. The number of thiophene rings is 1. The van der Waals surface area contributed by atoms with Gasteiger partial charge in [0, 0.05) is 36.8 Å². The molecule has 38 heavy (non-hydrogen) atoms. The van der Waals surface area contributed by atoms with E-state index in [0.29, 0.717) is 39.3 Å². The molecule has 5 rings (SSSR count). The van der Waals surface area contributed by atoms with Crippen molar-refractivity contribution in [2.75, 3.05) is 11.9 Å². The van der Waals surface area contributed by atoms with Crippen molar-refractivity contribution in [1.29, 1.82) is 0 Å². The number of rotatable bonds is 9. The van der Waals surface area contributed by atoms with Crippen molar-refractivity contribution in [3.8, 4) is 0 Å². The molecule has 3 aromatic rings. The summed E-state index contributed by atoms with van der Waals surface area (Å²) < 4.78 is 0.500. The van der Waals surface area contributed by atoms with Crippen molar-refractivity contribution in [2.45, 2.75) is 38.6 Å². The van der Waals surface area contributed by atoms with Gasteiger partial charge >= 0.3 is 0 Å². The molecule has 1 aliphatic heterocycles. The Kier molecular flexibility index (Phi) is 8.31. The van der Waals surface area contributed by atoms with Gasteiger partial charge in [0.05, 0.1) is 10.5 Å². The first-order chi connectivity index (χ1) is 18.5. The van der Waals surface area contributed by atoms with E-state index in [1.807, 2.05) is 48.5 Å². The molecule has 0 bridgehead atoms. The van der Waals surface area contributed by atoms with Crippen LogP contribution in [0.15, 0.2) is 59.8 Å². The number of carbonyl (C=O) groups excluding carboxylic acids is 3. The SMILES string of the molecule is O=C(CCCN1C(=O)/C(=C/c2ccccc2)SC1=S)Nc1sc2c(c1C(=O)NCc1cccnc1)CCC2. The van der Waals surface area contributed by atoms with Gasteiger partial charge in [0.15, 0.2) is 0 Å². The molecule has 2 aromatic heterocycles. The second-order valence-corrected chi connectivity index (χ2v) is 11.8. The van der Waals surface area contributed by atoms with Gasteiger partial charge in [-0.05, 0) is 54.5 Å². The summed E-state index contributed by atoms with van der Waals surface area (Å²) in [5.74, 6) is -0.505. The zero-order valence-corrected chi connectivity index (χ0v) is 23.0. The Hall–Kier alpha value is -3.34. The largest absolute Gasteiger partial charge is 0.348 e. The van der Waals surface area contributed by atoms with E-state index in [4.69, 9.17) is 12.2 Å². The van der Waals surface area contributed by atoms with Crippen LogP contribution in [0.4, 0.5) is 5.00 Å². The quantitative estimate of drug-likeness (QED) is 0.276. The normalized spacial score (nSPS) is 15.7. The maximum absolute atomic E-state index is 13.1. The lowest BCUT2D eigenvalue weighted by Crippen LogP contribution is -2.29. The second kappa shape index (κ2) is 12.0. The minimum absolute atomic E-state index is 0.133. The van der Waals surface area contributed by atoms with Gasteiger partial charge in [-0.3, -0.25) is 24.3 Å². The number of thioether (sulfide) groups is 1. The van der Waals surface area contributed by atoms with Crippen LogP contribution in [0.3, 0.4) is 0 Å². The Morgan fingerprint density at radius 3 is 2.76 bits per heavy atom. The minimum atomic E-state index is -0.189. The molecule has 1 fully saturated rings. The van der Waals surface area contributed by atoms with E-state index < -0.39 is 0 Å². The average molecular weight is 563 g/mol. The van der Waals surface area contributed by atoms with Crippen LogP contribution in [0.5, 0.6) is 0 Å². The van der Waals surface area contributed by atoms with E-state index in [9.17, 15) is 14.4 Å². The van der Waals surface area contributed by atoms with Gasteiger partial charge in [0.25, 0.3) is 11.8 Å². The predicted molar refractivity (Wildman–Crippen MR) is 156 cm³/mol. The van der Waals surface area contributed by atoms with Crippen molar-refractivity contribution < 1.29 is 14.4 Å².